The third kappa shape index (κ3) is 2.67. The highest BCUT2D eigenvalue weighted by molar-refractivity contribution is 7.86. The number of fused-ring (bicyclic) bond motifs is 2. The minimum absolute atomic E-state index is 0.105. The van der Waals surface area contributed by atoms with Gasteiger partial charge in [0.05, 0.1) is 16.9 Å². The van der Waals surface area contributed by atoms with Gasteiger partial charge in [0.25, 0.3) is 10.1 Å². The van der Waals surface area contributed by atoms with Crippen LogP contribution in [0.15, 0.2) is 29.2 Å². The lowest BCUT2D eigenvalue weighted by Crippen LogP contribution is -2.37. The molecule has 0 unspecified atom stereocenters. The molecule has 0 radical (unpaired) electrons. The molecule has 2 saturated carbocycles. The average Bonchev–Trinajstić information content (AvgIpc) is 2.98. The van der Waals surface area contributed by atoms with Gasteiger partial charge in [0.2, 0.25) is 6.04 Å². The first-order valence-corrected chi connectivity index (χ1v) is 8.41. The molecule has 7 heteroatoms. The van der Waals surface area contributed by atoms with Crippen LogP contribution in [0.3, 0.4) is 0 Å². The maximum Gasteiger partial charge on any atom is 0.297 e. The molecule has 0 N–H and O–H groups in total. The fourth-order valence-corrected chi connectivity index (χ4v) is 4.65. The molecule has 0 amide bonds. The van der Waals surface area contributed by atoms with Gasteiger partial charge in [-0.25, -0.2) is 0 Å². The number of nitrogens with zero attached hydrogens (tertiary/aromatic N) is 1. The van der Waals surface area contributed by atoms with Crippen molar-refractivity contribution in [3.63, 3.8) is 0 Å². The molecule has 2 fully saturated rings. The summed E-state index contributed by atoms with van der Waals surface area (Å²) < 4.78 is 29.8. The molecule has 114 valence electrons. The lowest BCUT2D eigenvalue weighted by molar-refractivity contribution is -0.532. The number of nitro groups is 1. The van der Waals surface area contributed by atoms with Crippen molar-refractivity contribution in [3.05, 3.63) is 39.9 Å². The quantitative estimate of drug-likeness (QED) is 0.483. The van der Waals surface area contributed by atoms with Gasteiger partial charge in [-0.3, -0.25) is 14.3 Å². The molecule has 0 aromatic heterocycles. The molecule has 4 atom stereocenters. The third-order valence-electron chi connectivity index (χ3n) is 4.55. The van der Waals surface area contributed by atoms with Gasteiger partial charge in [-0.05, 0) is 37.8 Å². The smallest absolute Gasteiger partial charge is 0.264 e. The van der Waals surface area contributed by atoms with Gasteiger partial charge in [-0.15, -0.1) is 0 Å². The second-order valence-electron chi connectivity index (χ2n) is 5.99. The number of hydrogen-bond acceptors (Lipinski definition) is 5. The second kappa shape index (κ2) is 5.06. The highest BCUT2D eigenvalue weighted by atomic mass is 32.2. The van der Waals surface area contributed by atoms with E-state index in [4.69, 9.17) is 4.18 Å². The van der Waals surface area contributed by atoms with Crippen LogP contribution in [-0.2, 0) is 14.3 Å². The largest absolute Gasteiger partial charge is 0.297 e. The normalized spacial score (nSPS) is 31.5. The summed E-state index contributed by atoms with van der Waals surface area (Å²) in [6.07, 6.45) is 1.27. The monoisotopic (exact) mass is 311 g/mol. The van der Waals surface area contributed by atoms with Crippen LogP contribution in [-0.4, -0.2) is 25.5 Å². The van der Waals surface area contributed by atoms with Crippen LogP contribution in [0, 0.1) is 28.9 Å². The molecule has 1 aromatic rings. The van der Waals surface area contributed by atoms with Crippen molar-refractivity contribution in [2.24, 2.45) is 11.8 Å². The summed E-state index contributed by atoms with van der Waals surface area (Å²) in [7, 11) is -3.85. The lowest BCUT2D eigenvalue weighted by Gasteiger charge is -2.24. The van der Waals surface area contributed by atoms with Crippen molar-refractivity contribution in [2.45, 2.75) is 43.2 Å². The Balaban J connectivity index is 1.77. The van der Waals surface area contributed by atoms with Gasteiger partial charge in [0.15, 0.2) is 0 Å². The van der Waals surface area contributed by atoms with Crippen LogP contribution in [0.1, 0.15) is 24.8 Å². The number of aryl methyl sites for hydroxylation is 1. The van der Waals surface area contributed by atoms with Crippen LogP contribution in [0.4, 0.5) is 0 Å². The van der Waals surface area contributed by atoms with E-state index in [1.54, 1.807) is 12.1 Å². The first-order valence-electron chi connectivity index (χ1n) is 7.00. The SMILES string of the molecule is Cc1ccc(S(=O)(=O)O[C@@H]2C[C@@H]3C[C@@H]2[C@H]([N+](=O)[O-])C3)cc1. The third-order valence-corrected chi connectivity index (χ3v) is 5.90. The van der Waals surface area contributed by atoms with E-state index < -0.39 is 22.3 Å². The van der Waals surface area contributed by atoms with Gasteiger partial charge in [-0.2, -0.15) is 8.42 Å². The van der Waals surface area contributed by atoms with Gasteiger partial charge < -0.3 is 0 Å². The fourth-order valence-electron chi connectivity index (χ4n) is 3.53. The van der Waals surface area contributed by atoms with Gasteiger partial charge in [-0.1, -0.05) is 17.7 Å². The van der Waals surface area contributed by atoms with E-state index in [2.05, 4.69) is 0 Å². The molecule has 1 aromatic carbocycles. The topological polar surface area (TPSA) is 86.5 Å². The van der Waals surface area contributed by atoms with Crippen LogP contribution in [0.5, 0.6) is 0 Å². The Morgan fingerprint density at radius 3 is 2.43 bits per heavy atom. The van der Waals surface area contributed by atoms with E-state index in [9.17, 15) is 18.5 Å². The standard InChI is InChI=1S/C14H17NO5S/c1-9-2-4-11(5-3-9)21(18,19)20-14-8-10-6-12(14)13(7-10)15(16)17/h2-5,10,12-14H,6-8H2,1H3/t10-,12-,13-,14-/m1/s1. The summed E-state index contributed by atoms with van der Waals surface area (Å²) in [5, 5.41) is 11.0. The van der Waals surface area contributed by atoms with Gasteiger partial charge >= 0.3 is 0 Å². The van der Waals surface area contributed by atoms with Crippen molar-refractivity contribution < 1.29 is 17.5 Å². The zero-order chi connectivity index (χ0) is 15.2. The first-order chi connectivity index (χ1) is 9.87. The molecular formula is C14H17NO5S. The Bertz CT molecular complexity index is 654. The summed E-state index contributed by atoms with van der Waals surface area (Å²) in [6.45, 7) is 1.87. The van der Waals surface area contributed by atoms with Crippen molar-refractivity contribution in [1.29, 1.82) is 0 Å². The first kappa shape index (κ1) is 14.5. The summed E-state index contributed by atoms with van der Waals surface area (Å²) in [6, 6.07) is 5.75. The zero-order valence-corrected chi connectivity index (χ0v) is 12.5. The van der Waals surface area contributed by atoms with Crippen LogP contribution < -0.4 is 0 Å². The molecule has 6 nitrogen and oxygen atoms in total. The van der Waals surface area contributed by atoms with E-state index >= 15 is 0 Å². The summed E-state index contributed by atoms with van der Waals surface area (Å²) in [5.74, 6) is -0.0751. The van der Waals surface area contributed by atoms with Gasteiger partial charge in [0, 0.05) is 11.3 Å². The summed E-state index contributed by atoms with van der Waals surface area (Å²) >= 11 is 0. The molecule has 0 aliphatic heterocycles. The van der Waals surface area contributed by atoms with Crippen molar-refractivity contribution in [1.82, 2.24) is 0 Å². The molecule has 2 bridgehead atoms. The maximum atomic E-state index is 12.3. The van der Waals surface area contributed by atoms with Crippen molar-refractivity contribution >= 4 is 10.1 Å². The average molecular weight is 311 g/mol. The Kier molecular flexibility index (Phi) is 3.49. The minimum Gasteiger partial charge on any atom is -0.264 e. The van der Waals surface area contributed by atoms with Crippen LogP contribution in [0.2, 0.25) is 0 Å². The molecule has 3 rings (SSSR count). The van der Waals surface area contributed by atoms with Crippen LogP contribution in [0.25, 0.3) is 0 Å². The predicted octanol–water partition coefficient (Wildman–Crippen LogP) is 2.14. The van der Waals surface area contributed by atoms with Crippen molar-refractivity contribution in [3.8, 4) is 0 Å². The minimum atomic E-state index is -3.85. The molecule has 2 aliphatic carbocycles. The molecular weight excluding hydrogens is 294 g/mol. The van der Waals surface area contributed by atoms with E-state index in [-0.39, 0.29) is 21.7 Å². The van der Waals surface area contributed by atoms with E-state index in [1.807, 2.05) is 6.92 Å². The second-order valence-corrected chi connectivity index (χ2v) is 7.56. The Hall–Kier alpha value is -1.47. The molecule has 21 heavy (non-hydrogen) atoms. The highest BCUT2D eigenvalue weighted by Gasteiger charge is 2.54. The van der Waals surface area contributed by atoms with Gasteiger partial charge in [0.1, 0.15) is 0 Å². The fraction of sp³-hybridized carbons (Fsp3) is 0.571. The molecule has 2 aliphatic rings. The molecule has 0 spiro atoms. The Labute approximate surface area is 123 Å². The highest BCUT2D eigenvalue weighted by Crippen LogP contribution is 2.47. The molecule has 0 heterocycles. The number of benzene rings is 1. The number of rotatable bonds is 4. The summed E-state index contributed by atoms with van der Waals surface area (Å²) in [4.78, 5) is 10.8. The maximum absolute atomic E-state index is 12.3. The predicted molar refractivity (Wildman–Crippen MR) is 74.9 cm³/mol. The molecule has 0 saturated heterocycles. The van der Waals surface area contributed by atoms with E-state index in [0.717, 1.165) is 5.56 Å². The Morgan fingerprint density at radius 2 is 1.86 bits per heavy atom. The van der Waals surface area contributed by atoms with Crippen molar-refractivity contribution in [2.75, 3.05) is 0 Å². The zero-order valence-electron chi connectivity index (χ0n) is 11.6. The Morgan fingerprint density at radius 1 is 1.19 bits per heavy atom. The van der Waals surface area contributed by atoms with Crippen LogP contribution >= 0.6 is 0 Å². The lowest BCUT2D eigenvalue weighted by atomic mass is 9.93. The van der Waals surface area contributed by atoms with E-state index in [0.29, 0.717) is 19.3 Å². The summed E-state index contributed by atoms with van der Waals surface area (Å²) in [5.41, 5.74) is 0.960. The number of hydrogen-bond donors (Lipinski definition) is 0. The van der Waals surface area contributed by atoms with E-state index in [1.165, 1.54) is 12.1 Å².